The number of anilines is 1. The minimum atomic E-state index is -0.891. The van der Waals surface area contributed by atoms with Crippen molar-refractivity contribution in [3.8, 4) is 16.9 Å². The second kappa shape index (κ2) is 17.7. The van der Waals surface area contributed by atoms with Crippen LogP contribution in [0.15, 0.2) is 36.4 Å². The smallest absolute Gasteiger partial charge is 0.251 e. The van der Waals surface area contributed by atoms with Crippen molar-refractivity contribution in [3.63, 3.8) is 0 Å². The van der Waals surface area contributed by atoms with Crippen LogP contribution < -0.4 is 20.3 Å². The number of hydrogen-bond donors (Lipinski definition) is 4. The summed E-state index contributed by atoms with van der Waals surface area (Å²) in [6, 6.07) is 11.3. The van der Waals surface area contributed by atoms with Gasteiger partial charge in [0.25, 0.3) is 5.91 Å². The summed E-state index contributed by atoms with van der Waals surface area (Å²) in [5.41, 5.74) is 4.38. The molecule has 4 N–H and O–H groups in total. The molecule has 2 aliphatic heterocycles. The molecule has 0 unspecified atom stereocenters. The summed E-state index contributed by atoms with van der Waals surface area (Å²) >= 11 is 0. The standard InChI is InChI=1S/C45H69N5O6/c1-27(2)18-34(25-48(7)8)46-43(53)32-19-31(20-35(21-32)49-16-11-10-12-17-49)36-15-13-14-30(42(36)55-9)24-50-41(40(29(4)52)39(26-51)56-50)44(54)47-38-23-33-22-37(28(38)3)45(33,5)6/h13-15,19-21,27-29,33-34,37-41,51-52H,10-12,16-18,22-26H2,1-9H3,(H,46,53)(H,47,54)/t28-,29-,33+,34-,37+,38-,39-,40+,41-/m0/s1. The van der Waals surface area contributed by atoms with Crippen LogP contribution in [0.3, 0.4) is 0 Å². The van der Waals surface area contributed by atoms with E-state index in [1.165, 1.54) is 12.8 Å². The van der Waals surface area contributed by atoms with Crippen molar-refractivity contribution in [2.45, 2.75) is 117 Å². The van der Waals surface area contributed by atoms with E-state index in [2.05, 4.69) is 61.1 Å². The van der Waals surface area contributed by atoms with Crippen molar-refractivity contribution in [3.05, 3.63) is 47.5 Å². The Labute approximate surface area is 335 Å². The van der Waals surface area contributed by atoms with Crippen molar-refractivity contribution in [2.75, 3.05) is 52.3 Å². The number of benzene rings is 2. The topological polar surface area (TPSA) is 127 Å². The number of para-hydroxylation sites is 1. The zero-order chi connectivity index (χ0) is 40.5. The molecule has 2 heterocycles. The third-order valence-electron chi connectivity index (χ3n) is 13.6. The van der Waals surface area contributed by atoms with Gasteiger partial charge in [0.2, 0.25) is 5.91 Å². The lowest BCUT2D eigenvalue weighted by Crippen LogP contribution is -2.62. The highest BCUT2D eigenvalue weighted by atomic mass is 16.7. The van der Waals surface area contributed by atoms with E-state index in [0.717, 1.165) is 67.7 Å². The predicted molar refractivity (Wildman–Crippen MR) is 221 cm³/mol. The quantitative estimate of drug-likeness (QED) is 0.180. The number of amides is 2. The van der Waals surface area contributed by atoms with Gasteiger partial charge in [-0.15, -0.1) is 0 Å². The number of nitrogens with zero attached hydrogens (tertiary/aromatic N) is 3. The Morgan fingerprint density at radius 1 is 1.07 bits per heavy atom. The van der Waals surface area contributed by atoms with E-state index in [1.54, 1.807) is 19.1 Å². The molecule has 3 saturated carbocycles. The average Bonchev–Trinajstić information content (AvgIpc) is 3.53. The third-order valence-corrected chi connectivity index (χ3v) is 13.6. The van der Waals surface area contributed by atoms with Crippen LogP contribution in [-0.2, 0) is 16.2 Å². The van der Waals surface area contributed by atoms with Gasteiger partial charge >= 0.3 is 0 Å². The van der Waals surface area contributed by atoms with E-state index in [4.69, 9.17) is 9.57 Å². The minimum absolute atomic E-state index is 0.00938. The van der Waals surface area contributed by atoms with E-state index >= 15 is 0 Å². The molecule has 2 aromatic rings. The molecule has 7 rings (SSSR count). The first kappa shape index (κ1) is 42.4. The van der Waals surface area contributed by atoms with Gasteiger partial charge in [-0.3, -0.25) is 14.4 Å². The molecule has 2 amide bonds. The number of carbonyl (C=O) groups is 2. The first-order chi connectivity index (χ1) is 26.6. The Morgan fingerprint density at radius 2 is 1.80 bits per heavy atom. The molecular weight excluding hydrogens is 707 g/mol. The Balaban J connectivity index is 1.31. The molecule has 5 fully saturated rings. The molecule has 3 aliphatic carbocycles. The molecule has 2 saturated heterocycles. The Hall–Kier alpha value is -3.22. The highest BCUT2D eigenvalue weighted by Crippen LogP contribution is 2.61. The van der Waals surface area contributed by atoms with Gasteiger partial charge < -0.3 is 35.4 Å². The summed E-state index contributed by atoms with van der Waals surface area (Å²) in [5, 5.41) is 29.8. The van der Waals surface area contributed by atoms with Gasteiger partial charge in [0, 0.05) is 60.0 Å². The largest absolute Gasteiger partial charge is 0.496 e. The Morgan fingerprint density at radius 3 is 2.41 bits per heavy atom. The molecule has 9 atom stereocenters. The number of carbonyl (C=O) groups excluding carboxylic acids is 2. The van der Waals surface area contributed by atoms with Crippen LogP contribution in [0.5, 0.6) is 5.75 Å². The van der Waals surface area contributed by atoms with E-state index in [-0.39, 0.29) is 42.5 Å². The van der Waals surface area contributed by atoms with Crippen molar-refractivity contribution >= 4 is 17.5 Å². The highest BCUT2D eigenvalue weighted by Gasteiger charge is 2.57. The van der Waals surface area contributed by atoms with Crippen LogP contribution >= 0.6 is 0 Å². The Kier molecular flexibility index (Phi) is 13.4. The van der Waals surface area contributed by atoms with Gasteiger partial charge in [-0.2, -0.15) is 5.06 Å². The molecule has 56 heavy (non-hydrogen) atoms. The summed E-state index contributed by atoms with van der Waals surface area (Å²) in [7, 11) is 5.71. The molecular formula is C45H69N5O6. The lowest BCUT2D eigenvalue weighted by Gasteiger charge is -2.62. The number of fused-ring (bicyclic) bond motifs is 2. The van der Waals surface area contributed by atoms with Gasteiger partial charge in [0.1, 0.15) is 17.9 Å². The maximum atomic E-state index is 14.3. The van der Waals surface area contributed by atoms with Gasteiger partial charge in [-0.1, -0.05) is 52.8 Å². The van der Waals surface area contributed by atoms with Crippen LogP contribution in [0.1, 0.15) is 96.0 Å². The summed E-state index contributed by atoms with van der Waals surface area (Å²) in [4.78, 5) is 39.2. The number of aliphatic hydroxyl groups is 2. The van der Waals surface area contributed by atoms with E-state index in [0.29, 0.717) is 35.0 Å². The number of hydrogen-bond acceptors (Lipinski definition) is 9. The zero-order valence-corrected chi connectivity index (χ0v) is 35.4. The molecule has 0 spiro atoms. The molecule has 310 valence electrons. The molecule has 0 aromatic heterocycles. The second-order valence-corrected chi connectivity index (χ2v) is 18.6. The first-order valence-corrected chi connectivity index (χ1v) is 21.2. The fourth-order valence-corrected chi connectivity index (χ4v) is 10.5. The van der Waals surface area contributed by atoms with Gasteiger partial charge in [-0.25, -0.2) is 0 Å². The second-order valence-electron chi connectivity index (χ2n) is 18.6. The zero-order valence-electron chi connectivity index (χ0n) is 35.4. The fourth-order valence-electron chi connectivity index (χ4n) is 10.5. The molecule has 5 aliphatic rings. The van der Waals surface area contributed by atoms with Gasteiger partial charge in [0.15, 0.2) is 0 Å². The van der Waals surface area contributed by atoms with Crippen LogP contribution in [0.25, 0.3) is 11.1 Å². The summed E-state index contributed by atoms with van der Waals surface area (Å²) < 4.78 is 6.17. The third kappa shape index (κ3) is 8.92. The maximum absolute atomic E-state index is 14.3. The molecule has 2 bridgehead atoms. The van der Waals surface area contributed by atoms with Crippen LogP contribution in [0, 0.1) is 35.0 Å². The van der Waals surface area contributed by atoms with Gasteiger partial charge in [-0.05, 0) is 112 Å². The molecule has 11 heteroatoms. The monoisotopic (exact) mass is 776 g/mol. The number of methoxy groups -OCH3 is 1. The van der Waals surface area contributed by atoms with Crippen LogP contribution in [0.2, 0.25) is 0 Å². The Bertz CT molecular complexity index is 1660. The van der Waals surface area contributed by atoms with Crippen LogP contribution in [0.4, 0.5) is 5.69 Å². The van der Waals surface area contributed by atoms with Crippen molar-refractivity contribution in [2.24, 2.45) is 35.0 Å². The number of piperidine rings is 1. The number of rotatable bonds is 15. The normalized spacial score (nSPS) is 28.5. The predicted octanol–water partition coefficient (Wildman–Crippen LogP) is 5.72. The number of likely N-dealkylation sites (N-methyl/N-ethyl adjacent to an activating group) is 1. The van der Waals surface area contributed by atoms with E-state index in [9.17, 15) is 19.8 Å². The number of nitrogens with one attached hydrogen (secondary N) is 2. The van der Waals surface area contributed by atoms with E-state index in [1.807, 2.05) is 44.4 Å². The molecule has 11 nitrogen and oxygen atoms in total. The minimum Gasteiger partial charge on any atom is -0.496 e. The lowest BCUT2D eigenvalue weighted by molar-refractivity contribution is -0.183. The molecule has 0 radical (unpaired) electrons. The summed E-state index contributed by atoms with van der Waals surface area (Å²) in [6.45, 7) is 15.4. The summed E-state index contributed by atoms with van der Waals surface area (Å²) in [6.07, 6.45) is 4.80. The first-order valence-electron chi connectivity index (χ1n) is 21.2. The highest BCUT2D eigenvalue weighted by molar-refractivity contribution is 5.97. The number of ether oxygens (including phenoxy) is 1. The van der Waals surface area contributed by atoms with Crippen molar-refractivity contribution < 1.29 is 29.4 Å². The van der Waals surface area contributed by atoms with E-state index < -0.39 is 24.2 Å². The number of hydroxylamine groups is 2. The van der Waals surface area contributed by atoms with Crippen molar-refractivity contribution in [1.29, 1.82) is 0 Å². The lowest BCUT2D eigenvalue weighted by atomic mass is 9.45. The molecule has 2 aromatic carbocycles. The fraction of sp³-hybridized carbons (Fsp3) is 0.689. The van der Waals surface area contributed by atoms with Crippen LogP contribution in [-0.4, -0.2) is 110 Å². The SMILES string of the molecule is COc1c(CN2O[C@@H](CO)[C@@H]([C@H](C)O)[C@H]2C(=O)N[C@H]2C[C@H]3C[C@H]([C@@H]2C)C3(C)C)cccc1-c1cc(C(=O)N[C@@H](CC(C)C)CN(C)C)cc(N2CCCCC2)c1. The average molecular weight is 776 g/mol. The summed E-state index contributed by atoms with van der Waals surface area (Å²) in [5.74, 6) is 1.62. The number of aliphatic hydroxyl groups excluding tert-OH is 2. The van der Waals surface area contributed by atoms with Gasteiger partial charge in [0.05, 0.1) is 26.4 Å². The van der Waals surface area contributed by atoms with Crippen molar-refractivity contribution in [1.82, 2.24) is 20.6 Å². The maximum Gasteiger partial charge on any atom is 0.251 e.